The number of allylic oxidation sites excluding steroid dienone is 1. The molecule has 1 fully saturated rings. The Bertz CT molecular complexity index is 1920. The first-order valence-corrected chi connectivity index (χ1v) is 17.6. The number of methoxy groups -OCH3 is 1. The van der Waals surface area contributed by atoms with Crippen molar-refractivity contribution < 1.29 is 73.6 Å². The van der Waals surface area contributed by atoms with Gasteiger partial charge in [-0.3, -0.25) is 19.2 Å². The van der Waals surface area contributed by atoms with Gasteiger partial charge in [-0.2, -0.15) is 0 Å². The number of aliphatic hydroxyl groups excluding tert-OH is 2. The summed E-state index contributed by atoms with van der Waals surface area (Å²) in [6.07, 6.45) is -3.32. The molecule has 1 saturated heterocycles. The first-order valence-electron chi connectivity index (χ1n) is 17.6. The van der Waals surface area contributed by atoms with Gasteiger partial charge < -0.3 is 54.9 Å². The number of aliphatic carboxylic acids is 1. The number of aliphatic hydroxyl groups is 3. The third-order valence-electron chi connectivity index (χ3n) is 11.0. The van der Waals surface area contributed by atoms with Crippen molar-refractivity contribution in [1.29, 1.82) is 0 Å². The molecule has 8 atom stereocenters. The minimum absolute atomic E-state index is 0.0494. The molecule has 0 spiro atoms. The zero-order valence-corrected chi connectivity index (χ0v) is 29.9. The van der Waals surface area contributed by atoms with Gasteiger partial charge in [0.15, 0.2) is 17.9 Å². The maximum absolute atomic E-state index is 13.9. The summed E-state index contributed by atoms with van der Waals surface area (Å²) in [7, 11) is 1.30. The number of benzene rings is 2. The maximum atomic E-state index is 13.9. The van der Waals surface area contributed by atoms with E-state index >= 15 is 0 Å². The number of rotatable bonds is 8. The van der Waals surface area contributed by atoms with Crippen molar-refractivity contribution in [2.24, 2.45) is 5.41 Å². The van der Waals surface area contributed by atoms with Crippen LogP contribution >= 0.6 is 0 Å². The van der Waals surface area contributed by atoms with Crippen LogP contribution in [0.3, 0.4) is 0 Å². The second kappa shape index (κ2) is 14.8. The van der Waals surface area contributed by atoms with Gasteiger partial charge in [-0.25, -0.2) is 4.79 Å². The molecule has 0 aromatic heterocycles. The number of hydrogen-bond donors (Lipinski definition) is 7. The molecule has 0 radical (unpaired) electrons. The molecule has 54 heavy (non-hydrogen) atoms. The minimum Gasteiger partial charge on any atom is -0.507 e. The predicted octanol–water partition coefficient (Wildman–Crippen LogP) is 2.36. The van der Waals surface area contributed by atoms with Crippen molar-refractivity contribution >= 4 is 29.4 Å². The number of amides is 1. The second-order valence-electron chi connectivity index (χ2n) is 14.6. The van der Waals surface area contributed by atoms with Crippen LogP contribution in [0.4, 0.5) is 4.79 Å². The Hall–Kier alpha value is -4.87. The lowest BCUT2D eigenvalue weighted by atomic mass is 9.72. The molecular formula is C38H43NO15. The molecule has 16 nitrogen and oxygen atoms in total. The minimum atomic E-state index is -2.36. The number of Topliss-reactive ketones (excluding diaryl/α,β-unsaturated/α-hetero) is 1. The second-order valence-corrected chi connectivity index (χ2v) is 14.6. The van der Waals surface area contributed by atoms with Crippen molar-refractivity contribution in [2.45, 2.75) is 101 Å². The van der Waals surface area contributed by atoms with Crippen LogP contribution in [-0.4, -0.2) is 110 Å². The molecule has 2 aromatic rings. The Morgan fingerprint density at radius 3 is 2.46 bits per heavy atom. The van der Waals surface area contributed by atoms with Crippen LogP contribution in [0.5, 0.6) is 17.2 Å². The lowest BCUT2D eigenvalue weighted by Gasteiger charge is -2.42. The van der Waals surface area contributed by atoms with Crippen molar-refractivity contribution in [3.63, 3.8) is 0 Å². The maximum Gasteiger partial charge on any atom is 0.408 e. The monoisotopic (exact) mass is 753 g/mol. The largest absolute Gasteiger partial charge is 0.507 e. The van der Waals surface area contributed by atoms with Crippen LogP contribution in [-0.2, 0) is 30.2 Å². The number of carbonyl (C=O) groups excluding carboxylic acids is 4. The van der Waals surface area contributed by atoms with Crippen LogP contribution < -0.4 is 10.1 Å². The number of alkyl carbamates (subject to hydrolysis) is 1. The van der Waals surface area contributed by atoms with E-state index in [1.807, 2.05) is 0 Å². The van der Waals surface area contributed by atoms with Crippen molar-refractivity contribution in [3.05, 3.63) is 63.7 Å². The van der Waals surface area contributed by atoms with Crippen LogP contribution in [0.15, 0.2) is 30.4 Å². The summed E-state index contributed by atoms with van der Waals surface area (Å²) in [5.41, 5.74) is -5.16. The number of ether oxygens (including phenoxy) is 4. The first-order chi connectivity index (χ1) is 25.5. The highest BCUT2D eigenvalue weighted by Crippen LogP contribution is 2.52. The molecule has 0 bridgehead atoms. The Labute approximate surface area is 309 Å². The lowest BCUT2D eigenvalue weighted by Crippen LogP contribution is -2.56. The average molecular weight is 754 g/mol. The van der Waals surface area contributed by atoms with Gasteiger partial charge in [0.2, 0.25) is 5.78 Å². The van der Waals surface area contributed by atoms with Gasteiger partial charge in [0.25, 0.3) is 0 Å². The average Bonchev–Trinajstić information content (AvgIpc) is 3.12. The van der Waals surface area contributed by atoms with Crippen molar-refractivity contribution in [1.82, 2.24) is 5.32 Å². The molecule has 1 aliphatic heterocycles. The van der Waals surface area contributed by atoms with Gasteiger partial charge in [0.1, 0.15) is 41.7 Å². The van der Waals surface area contributed by atoms with E-state index in [2.05, 4.69) is 5.32 Å². The van der Waals surface area contributed by atoms with E-state index in [-0.39, 0.29) is 47.3 Å². The highest BCUT2D eigenvalue weighted by molar-refractivity contribution is 6.31. The number of phenolic OH excluding ortho intramolecular Hbond substituents is 2. The normalized spacial score (nSPS) is 31.1. The molecule has 1 amide bonds. The Balaban J connectivity index is 1.29. The van der Waals surface area contributed by atoms with Crippen LogP contribution in [0.2, 0.25) is 0 Å². The SMILES string of the molecule is COc1cccc2c1C(=O)c1c(O)c3c(c(O)c1C2=O)C[C@@](O)(C(=O)CO)C[C@@H]3O[C@H]1C[C@@H](NC(=O)O[C@@H]2/C=C/CC[C@](C)(C(=O)O)CC2)[C@@H](O)C(C)O1. The number of carboxylic acids is 1. The van der Waals surface area contributed by atoms with Gasteiger partial charge in [-0.15, -0.1) is 0 Å². The molecule has 2 aromatic carbocycles. The standard InChI is InChI=1S/C38H43NO15/c1-17-30(42)21(39-36(49)53-18-7-4-5-11-37(2,12-10-18)35(47)48)13-25(52-17)54-23-15-38(50,24(41)16-40)14-20-27(23)34(46)29-28(32(20)44)31(43)19-8-6-9-22(51-3)26(19)33(29)45/h4,6-9,17-18,21,23,25,30,40,42,44,46,50H,5,10-16H2,1-3H3,(H,39,49)(H,47,48)/b7-4+/t17?,18-,21-,23+,25+,30+,37+,38+/m1/s1. The molecule has 7 N–H and O–H groups in total. The molecule has 1 heterocycles. The predicted molar refractivity (Wildman–Crippen MR) is 184 cm³/mol. The molecule has 3 aliphatic carbocycles. The summed E-state index contributed by atoms with van der Waals surface area (Å²) in [6, 6.07) is 3.25. The summed E-state index contributed by atoms with van der Waals surface area (Å²) in [5, 5.41) is 67.9. The zero-order chi connectivity index (χ0) is 39.3. The van der Waals surface area contributed by atoms with Gasteiger partial charge >= 0.3 is 12.1 Å². The molecule has 6 rings (SSSR count). The lowest BCUT2D eigenvalue weighted by molar-refractivity contribution is -0.249. The topological polar surface area (TPSA) is 256 Å². The first kappa shape index (κ1) is 38.8. The summed E-state index contributed by atoms with van der Waals surface area (Å²) in [4.78, 5) is 65.5. The quantitative estimate of drug-likeness (QED) is 0.129. The van der Waals surface area contributed by atoms with E-state index in [9.17, 15) is 54.6 Å². The highest BCUT2D eigenvalue weighted by atomic mass is 16.7. The Morgan fingerprint density at radius 2 is 1.78 bits per heavy atom. The summed E-state index contributed by atoms with van der Waals surface area (Å²) >= 11 is 0. The van der Waals surface area contributed by atoms with E-state index in [4.69, 9.17) is 18.9 Å². The van der Waals surface area contributed by atoms with Gasteiger partial charge in [-0.1, -0.05) is 18.2 Å². The number of ketones is 3. The molecular weight excluding hydrogens is 710 g/mol. The number of hydrogen-bond acceptors (Lipinski definition) is 14. The van der Waals surface area contributed by atoms with Crippen molar-refractivity contribution in [2.75, 3.05) is 13.7 Å². The van der Waals surface area contributed by atoms with Crippen LogP contribution in [0, 0.1) is 5.41 Å². The molecule has 290 valence electrons. The summed E-state index contributed by atoms with van der Waals surface area (Å²) in [6.45, 7) is 2.05. The Kier molecular flexibility index (Phi) is 10.6. The van der Waals surface area contributed by atoms with E-state index < -0.39 is 119 Å². The summed E-state index contributed by atoms with van der Waals surface area (Å²) in [5.74, 6) is -5.11. The number of phenols is 2. The van der Waals surface area contributed by atoms with E-state index in [1.54, 1.807) is 19.1 Å². The fraction of sp³-hybridized carbons (Fsp3) is 0.500. The molecule has 4 aliphatic rings. The third-order valence-corrected chi connectivity index (χ3v) is 11.0. The number of carbonyl (C=O) groups is 5. The third kappa shape index (κ3) is 6.84. The summed E-state index contributed by atoms with van der Waals surface area (Å²) < 4.78 is 23.0. The number of nitrogens with one attached hydrogen (secondary N) is 1. The number of carboxylic acid groups (broad SMARTS) is 1. The van der Waals surface area contributed by atoms with Crippen LogP contribution in [0.25, 0.3) is 0 Å². The van der Waals surface area contributed by atoms with Gasteiger partial charge in [0, 0.05) is 36.0 Å². The molecule has 16 heteroatoms. The zero-order valence-electron chi connectivity index (χ0n) is 29.9. The van der Waals surface area contributed by atoms with E-state index in [0.717, 1.165) is 0 Å². The van der Waals surface area contributed by atoms with Crippen LogP contribution in [0.1, 0.15) is 101 Å². The Morgan fingerprint density at radius 1 is 1.06 bits per heavy atom. The fourth-order valence-electron chi connectivity index (χ4n) is 7.83. The fourth-order valence-corrected chi connectivity index (χ4v) is 7.83. The molecule has 1 unspecified atom stereocenters. The van der Waals surface area contributed by atoms with Gasteiger partial charge in [0.05, 0.1) is 47.5 Å². The highest BCUT2D eigenvalue weighted by Gasteiger charge is 2.50. The smallest absolute Gasteiger partial charge is 0.408 e. The van der Waals surface area contributed by atoms with E-state index in [1.165, 1.54) is 32.2 Å². The van der Waals surface area contributed by atoms with Gasteiger partial charge in [-0.05, 0) is 51.7 Å². The number of fused-ring (bicyclic) bond motifs is 3. The van der Waals surface area contributed by atoms with E-state index in [0.29, 0.717) is 12.8 Å². The van der Waals surface area contributed by atoms with Crippen molar-refractivity contribution in [3.8, 4) is 17.2 Å². The molecule has 0 saturated carbocycles. The number of aromatic hydroxyl groups is 2.